The van der Waals surface area contributed by atoms with Gasteiger partial charge in [0, 0.05) is 17.5 Å². The number of hydrogen-bond acceptors (Lipinski definition) is 6. The van der Waals surface area contributed by atoms with Crippen LogP contribution in [-0.2, 0) is 19.5 Å². The predicted molar refractivity (Wildman–Crippen MR) is 85.0 cm³/mol. The summed E-state index contributed by atoms with van der Waals surface area (Å²) < 4.78 is 5.32. The van der Waals surface area contributed by atoms with Gasteiger partial charge < -0.3 is 15.1 Å². The van der Waals surface area contributed by atoms with E-state index in [1.807, 2.05) is 17.5 Å². The van der Waals surface area contributed by atoms with E-state index in [9.17, 15) is 4.79 Å². The standard InChI is InChI=1S/C15H15N5O2S/c21-14(13-10-3-4-16-7-11(10)19-20-13)17-6-9-8-23-15(18-9)12-2-1-5-22-12/h1-2,5,8,16H,3-4,6-7H2,(H,17,21)(H,19,20). The number of nitrogens with one attached hydrogen (secondary N) is 3. The van der Waals surface area contributed by atoms with Gasteiger partial charge in [0.2, 0.25) is 0 Å². The van der Waals surface area contributed by atoms with Gasteiger partial charge in [0.1, 0.15) is 0 Å². The van der Waals surface area contributed by atoms with Crippen LogP contribution in [0.3, 0.4) is 0 Å². The minimum Gasteiger partial charge on any atom is -0.462 e. The summed E-state index contributed by atoms with van der Waals surface area (Å²) >= 11 is 1.49. The van der Waals surface area contributed by atoms with Crippen LogP contribution in [0.1, 0.15) is 27.4 Å². The van der Waals surface area contributed by atoms with E-state index < -0.39 is 0 Å². The molecule has 3 aromatic rings. The maximum Gasteiger partial charge on any atom is 0.272 e. The summed E-state index contributed by atoms with van der Waals surface area (Å²) in [7, 11) is 0. The topological polar surface area (TPSA) is 95.8 Å². The SMILES string of the molecule is O=C(NCc1csc(-c2ccco2)n1)c1n[nH]c2c1CCNC2. The van der Waals surface area contributed by atoms with E-state index in [2.05, 4.69) is 25.8 Å². The van der Waals surface area contributed by atoms with Crippen LogP contribution < -0.4 is 10.6 Å². The molecule has 0 unspecified atom stereocenters. The molecule has 23 heavy (non-hydrogen) atoms. The third-order valence-electron chi connectivity index (χ3n) is 3.74. The molecule has 0 aromatic carbocycles. The Hall–Kier alpha value is -2.45. The fourth-order valence-electron chi connectivity index (χ4n) is 2.59. The Morgan fingerprint density at radius 2 is 2.43 bits per heavy atom. The zero-order chi connectivity index (χ0) is 15.6. The molecule has 0 fully saturated rings. The molecule has 1 amide bonds. The van der Waals surface area contributed by atoms with Crippen LogP contribution in [0, 0.1) is 0 Å². The van der Waals surface area contributed by atoms with E-state index in [-0.39, 0.29) is 5.91 Å². The first-order valence-electron chi connectivity index (χ1n) is 7.34. The fraction of sp³-hybridized carbons (Fsp3) is 0.267. The summed E-state index contributed by atoms with van der Waals surface area (Å²) in [6.07, 6.45) is 2.43. The van der Waals surface area contributed by atoms with Crippen molar-refractivity contribution >= 4 is 17.2 Å². The van der Waals surface area contributed by atoms with Crippen LogP contribution in [0.15, 0.2) is 28.2 Å². The molecule has 118 valence electrons. The Labute approximate surface area is 136 Å². The molecular formula is C15H15N5O2S. The number of amides is 1. The van der Waals surface area contributed by atoms with Gasteiger partial charge in [-0.3, -0.25) is 9.89 Å². The highest BCUT2D eigenvalue weighted by atomic mass is 32.1. The van der Waals surface area contributed by atoms with Gasteiger partial charge in [0.15, 0.2) is 16.5 Å². The highest BCUT2D eigenvalue weighted by Crippen LogP contribution is 2.24. The average Bonchev–Trinajstić information content (AvgIpc) is 3.31. The highest BCUT2D eigenvalue weighted by Gasteiger charge is 2.21. The number of carbonyl (C=O) groups is 1. The number of H-pyrrole nitrogens is 1. The Morgan fingerprint density at radius 1 is 1.48 bits per heavy atom. The summed E-state index contributed by atoms with van der Waals surface area (Å²) in [5, 5.41) is 15.9. The summed E-state index contributed by atoms with van der Waals surface area (Å²) in [4.78, 5) is 16.8. The number of hydrogen-bond donors (Lipinski definition) is 3. The number of fused-ring (bicyclic) bond motifs is 1. The van der Waals surface area contributed by atoms with E-state index in [1.54, 1.807) is 6.26 Å². The summed E-state index contributed by atoms with van der Waals surface area (Å²) in [6.45, 7) is 1.97. The highest BCUT2D eigenvalue weighted by molar-refractivity contribution is 7.13. The Kier molecular flexibility index (Phi) is 3.68. The molecule has 4 heterocycles. The molecule has 1 aliphatic heterocycles. The zero-order valence-electron chi connectivity index (χ0n) is 12.3. The van der Waals surface area contributed by atoms with Gasteiger partial charge in [-0.15, -0.1) is 11.3 Å². The van der Waals surface area contributed by atoms with Crippen LogP contribution in [-0.4, -0.2) is 27.6 Å². The minimum atomic E-state index is -0.169. The second kappa shape index (κ2) is 5.98. The van der Waals surface area contributed by atoms with Crippen LogP contribution in [0.5, 0.6) is 0 Å². The number of nitrogens with zero attached hydrogens (tertiary/aromatic N) is 2. The van der Waals surface area contributed by atoms with Crippen LogP contribution in [0.25, 0.3) is 10.8 Å². The first kappa shape index (κ1) is 14.2. The number of aromatic nitrogens is 3. The minimum absolute atomic E-state index is 0.169. The maximum absolute atomic E-state index is 12.3. The van der Waals surface area contributed by atoms with Crippen LogP contribution >= 0.6 is 11.3 Å². The second-order valence-corrected chi connectivity index (χ2v) is 6.12. The lowest BCUT2D eigenvalue weighted by molar-refractivity contribution is 0.0944. The quantitative estimate of drug-likeness (QED) is 0.677. The molecule has 0 saturated heterocycles. The fourth-order valence-corrected chi connectivity index (χ4v) is 3.37. The molecule has 3 N–H and O–H groups in total. The van der Waals surface area contributed by atoms with E-state index in [1.165, 1.54) is 11.3 Å². The molecule has 0 radical (unpaired) electrons. The lowest BCUT2D eigenvalue weighted by Crippen LogP contribution is -2.27. The average molecular weight is 329 g/mol. The number of rotatable bonds is 4. The molecule has 7 nitrogen and oxygen atoms in total. The number of thiazole rings is 1. The molecule has 0 atom stereocenters. The third kappa shape index (κ3) is 2.78. The maximum atomic E-state index is 12.3. The molecule has 0 saturated carbocycles. The zero-order valence-corrected chi connectivity index (χ0v) is 13.1. The van der Waals surface area contributed by atoms with Gasteiger partial charge in [0.25, 0.3) is 5.91 Å². The molecule has 8 heteroatoms. The van der Waals surface area contributed by atoms with Crippen molar-refractivity contribution in [3.8, 4) is 10.8 Å². The van der Waals surface area contributed by atoms with Crippen molar-refractivity contribution in [2.45, 2.75) is 19.5 Å². The van der Waals surface area contributed by atoms with Gasteiger partial charge in [0.05, 0.1) is 24.2 Å². The van der Waals surface area contributed by atoms with Gasteiger partial charge in [-0.25, -0.2) is 4.98 Å². The number of aromatic amines is 1. The van der Waals surface area contributed by atoms with Crippen LogP contribution in [0.2, 0.25) is 0 Å². The summed E-state index contributed by atoms with van der Waals surface area (Å²) in [6, 6.07) is 3.69. The van der Waals surface area contributed by atoms with Gasteiger partial charge in [-0.2, -0.15) is 5.10 Å². The van der Waals surface area contributed by atoms with Crippen molar-refractivity contribution in [2.24, 2.45) is 0 Å². The van der Waals surface area contributed by atoms with Gasteiger partial charge in [-0.05, 0) is 25.1 Å². The van der Waals surface area contributed by atoms with Crippen molar-refractivity contribution in [3.05, 3.63) is 46.4 Å². The molecular weight excluding hydrogens is 314 g/mol. The van der Waals surface area contributed by atoms with E-state index in [0.717, 1.165) is 47.2 Å². The monoisotopic (exact) mass is 329 g/mol. The molecule has 1 aliphatic rings. The molecule has 0 spiro atoms. The van der Waals surface area contributed by atoms with Crippen LogP contribution in [0.4, 0.5) is 0 Å². The third-order valence-corrected chi connectivity index (χ3v) is 4.64. The number of furan rings is 1. The Balaban J connectivity index is 1.43. The smallest absolute Gasteiger partial charge is 0.272 e. The summed E-state index contributed by atoms with van der Waals surface area (Å²) in [5.41, 5.74) is 3.30. The summed E-state index contributed by atoms with van der Waals surface area (Å²) in [5.74, 6) is 0.568. The van der Waals surface area contributed by atoms with Crippen molar-refractivity contribution in [3.63, 3.8) is 0 Å². The largest absolute Gasteiger partial charge is 0.462 e. The molecule has 4 rings (SSSR count). The van der Waals surface area contributed by atoms with Gasteiger partial charge in [-0.1, -0.05) is 0 Å². The molecule has 0 bridgehead atoms. The van der Waals surface area contributed by atoms with Crippen molar-refractivity contribution in [2.75, 3.05) is 6.54 Å². The van der Waals surface area contributed by atoms with E-state index in [4.69, 9.17) is 4.42 Å². The lowest BCUT2D eigenvalue weighted by Gasteiger charge is -2.12. The second-order valence-electron chi connectivity index (χ2n) is 5.26. The predicted octanol–water partition coefficient (Wildman–Crippen LogP) is 1.70. The van der Waals surface area contributed by atoms with Crippen molar-refractivity contribution in [1.82, 2.24) is 25.8 Å². The van der Waals surface area contributed by atoms with Crippen molar-refractivity contribution < 1.29 is 9.21 Å². The Bertz CT molecular complexity index is 821. The lowest BCUT2D eigenvalue weighted by atomic mass is 10.1. The van der Waals surface area contributed by atoms with Crippen molar-refractivity contribution in [1.29, 1.82) is 0 Å². The van der Waals surface area contributed by atoms with E-state index >= 15 is 0 Å². The van der Waals surface area contributed by atoms with Gasteiger partial charge >= 0.3 is 0 Å². The Morgan fingerprint density at radius 3 is 3.30 bits per heavy atom. The normalized spacial score (nSPS) is 13.7. The first-order chi connectivity index (χ1) is 11.3. The molecule has 3 aromatic heterocycles. The number of carbonyl (C=O) groups excluding carboxylic acids is 1. The first-order valence-corrected chi connectivity index (χ1v) is 8.22. The van der Waals surface area contributed by atoms with E-state index in [0.29, 0.717) is 12.2 Å². The molecule has 0 aliphatic carbocycles.